The van der Waals surface area contributed by atoms with Gasteiger partial charge in [-0.2, -0.15) is 0 Å². The molecule has 138 valence electrons. The maximum atomic E-state index is 12.5. The van der Waals surface area contributed by atoms with Crippen molar-refractivity contribution in [2.24, 2.45) is 0 Å². The average Bonchev–Trinajstić information content (AvgIpc) is 2.62. The number of nitrogens with one attached hydrogen (secondary N) is 1. The predicted molar refractivity (Wildman–Crippen MR) is 106 cm³/mol. The molecular formula is C19H23N3O3S. The highest BCUT2D eigenvalue weighted by Gasteiger charge is 2.12. The van der Waals surface area contributed by atoms with Gasteiger partial charge in [0.15, 0.2) is 0 Å². The van der Waals surface area contributed by atoms with Gasteiger partial charge in [-0.1, -0.05) is 26.0 Å². The summed E-state index contributed by atoms with van der Waals surface area (Å²) in [5, 5.41) is 13.6. The Bertz CT molecular complexity index is 761. The van der Waals surface area contributed by atoms with Gasteiger partial charge in [0, 0.05) is 41.4 Å². The molecule has 0 atom stereocenters. The summed E-state index contributed by atoms with van der Waals surface area (Å²) in [5.41, 5.74) is 0.872. The SMILES string of the molecule is CCCN(CCC)Sc1cccc(C(=O)Nc2cccc([N+](=O)[O-])c2)c1. The lowest BCUT2D eigenvalue weighted by Crippen LogP contribution is -2.17. The van der Waals surface area contributed by atoms with E-state index in [4.69, 9.17) is 0 Å². The highest BCUT2D eigenvalue weighted by molar-refractivity contribution is 7.97. The zero-order valence-corrected chi connectivity index (χ0v) is 15.8. The van der Waals surface area contributed by atoms with Crippen LogP contribution in [0.4, 0.5) is 11.4 Å². The van der Waals surface area contributed by atoms with E-state index < -0.39 is 4.92 Å². The van der Waals surface area contributed by atoms with Crippen LogP contribution in [0.1, 0.15) is 37.0 Å². The maximum absolute atomic E-state index is 12.5. The minimum absolute atomic E-state index is 0.0538. The van der Waals surface area contributed by atoms with Crippen LogP contribution >= 0.6 is 11.9 Å². The molecule has 2 aromatic carbocycles. The van der Waals surface area contributed by atoms with Crippen molar-refractivity contribution >= 4 is 29.2 Å². The third-order valence-corrected chi connectivity index (χ3v) is 4.68. The molecule has 0 aliphatic carbocycles. The number of hydrogen-bond acceptors (Lipinski definition) is 5. The van der Waals surface area contributed by atoms with E-state index in [0.717, 1.165) is 30.8 Å². The molecule has 0 fully saturated rings. The maximum Gasteiger partial charge on any atom is 0.271 e. The summed E-state index contributed by atoms with van der Waals surface area (Å²) in [4.78, 5) is 23.8. The van der Waals surface area contributed by atoms with Crippen LogP contribution in [0.3, 0.4) is 0 Å². The molecule has 0 heterocycles. The smallest absolute Gasteiger partial charge is 0.271 e. The van der Waals surface area contributed by atoms with E-state index in [1.165, 1.54) is 12.1 Å². The summed E-state index contributed by atoms with van der Waals surface area (Å²) < 4.78 is 2.29. The molecule has 6 nitrogen and oxygen atoms in total. The van der Waals surface area contributed by atoms with Crippen molar-refractivity contribution in [2.75, 3.05) is 18.4 Å². The summed E-state index contributed by atoms with van der Waals surface area (Å²) in [7, 11) is 0. The molecule has 26 heavy (non-hydrogen) atoms. The zero-order chi connectivity index (χ0) is 18.9. The molecule has 0 aliphatic heterocycles. The van der Waals surface area contributed by atoms with E-state index in [-0.39, 0.29) is 11.6 Å². The fourth-order valence-electron chi connectivity index (χ4n) is 2.45. The topological polar surface area (TPSA) is 75.5 Å². The van der Waals surface area contributed by atoms with Gasteiger partial charge in [-0.05, 0) is 49.1 Å². The minimum atomic E-state index is -0.483. The number of carbonyl (C=O) groups is 1. The van der Waals surface area contributed by atoms with Crippen LogP contribution in [0, 0.1) is 10.1 Å². The summed E-state index contributed by atoms with van der Waals surface area (Å²) in [6.45, 7) is 6.27. The van der Waals surface area contributed by atoms with Gasteiger partial charge in [0.25, 0.3) is 11.6 Å². The minimum Gasteiger partial charge on any atom is -0.322 e. The summed E-state index contributed by atoms with van der Waals surface area (Å²) in [6.07, 6.45) is 2.14. The van der Waals surface area contributed by atoms with Gasteiger partial charge < -0.3 is 5.32 Å². The Kier molecular flexibility index (Phi) is 7.62. The first kappa shape index (κ1) is 19.9. The number of rotatable bonds is 9. The molecule has 0 aromatic heterocycles. The second-order valence-electron chi connectivity index (χ2n) is 5.81. The average molecular weight is 373 g/mol. The molecule has 0 radical (unpaired) electrons. The number of nitro groups is 1. The van der Waals surface area contributed by atoms with Crippen molar-refractivity contribution in [2.45, 2.75) is 31.6 Å². The third kappa shape index (κ3) is 5.86. The highest BCUT2D eigenvalue weighted by atomic mass is 32.2. The van der Waals surface area contributed by atoms with Gasteiger partial charge in [0.2, 0.25) is 0 Å². The van der Waals surface area contributed by atoms with Gasteiger partial charge in [-0.15, -0.1) is 0 Å². The van der Waals surface area contributed by atoms with E-state index in [9.17, 15) is 14.9 Å². The Balaban J connectivity index is 2.10. The predicted octanol–water partition coefficient (Wildman–Crippen LogP) is 4.98. The normalized spacial score (nSPS) is 10.7. The van der Waals surface area contributed by atoms with Crippen LogP contribution in [-0.4, -0.2) is 28.2 Å². The molecule has 0 bridgehead atoms. The Morgan fingerprint density at radius 1 is 1.12 bits per heavy atom. The van der Waals surface area contributed by atoms with Crippen LogP contribution in [0.2, 0.25) is 0 Å². The molecule has 2 aromatic rings. The largest absolute Gasteiger partial charge is 0.322 e. The lowest BCUT2D eigenvalue weighted by molar-refractivity contribution is -0.384. The Hall–Kier alpha value is -2.38. The number of hydrogen-bond donors (Lipinski definition) is 1. The fourth-order valence-corrected chi connectivity index (χ4v) is 3.61. The number of non-ortho nitro benzene ring substituents is 1. The Labute approximate surface area is 157 Å². The highest BCUT2D eigenvalue weighted by Crippen LogP contribution is 2.25. The Morgan fingerprint density at radius 2 is 1.81 bits per heavy atom. The van der Waals surface area contributed by atoms with Crippen LogP contribution in [0.25, 0.3) is 0 Å². The van der Waals surface area contributed by atoms with E-state index >= 15 is 0 Å². The fraction of sp³-hybridized carbons (Fsp3) is 0.316. The van der Waals surface area contributed by atoms with E-state index in [1.54, 1.807) is 30.1 Å². The second-order valence-corrected chi connectivity index (χ2v) is 6.98. The molecule has 1 amide bonds. The quantitative estimate of drug-likeness (QED) is 0.381. The zero-order valence-electron chi connectivity index (χ0n) is 15.0. The van der Waals surface area contributed by atoms with Crippen molar-refractivity contribution in [3.05, 3.63) is 64.2 Å². The van der Waals surface area contributed by atoms with Gasteiger partial charge in [-0.3, -0.25) is 14.9 Å². The monoisotopic (exact) mass is 373 g/mol. The van der Waals surface area contributed by atoms with Crippen LogP contribution in [0.15, 0.2) is 53.4 Å². The van der Waals surface area contributed by atoms with Crippen LogP contribution in [-0.2, 0) is 0 Å². The first-order valence-corrected chi connectivity index (χ1v) is 9.39. The van der Waals surface area contributed by atoms with Gasteiger partial charge in [-0.25, -0.2) is 4.31 Å². The molecule has 7 heteroatoms. The first-order chi connectivity index (χ1) is 12.5. The number of benzene rings is 2. The van der Waals surface area contributed by atoms with Crippen molar-refractivity contribution in [1.82, 2.24) is 4.31 Å². The molecule has 0 unspecified atom stereocenters. The standard InChI is InChI=1S/C19H23N3O3S/c1-3-11-21(12-4-2)26-18-10-5-7-15(13-18)19(23)20-16-8-6-9-17(14-16)22(24)25/h5-10,13-14H,3-4,11-12H2,1-2H3,(H,20,23). The van der Waals surface area contributed by atoms with Crippen molar-refractivity contribution in [1.29, 1.82) is 0 Å². The van der Waals surface area contributed by atoms with E-state index in [2.05, 4.69) is 23.5 Å². The van der Waals surface area contributed by atoms with Crippen molar-refractivity contribution in [3.63, 3.8) is 0 Å². The molecule has 1 N–H and O–H groups in total. The molecule has 0 spiro atoms. The van der Waals surface area contributed by atoms with Crippen LogP contribution < -0.4 is 5.32 Å². The third-order valence-electron chi connectivity index (χ3n) is 3.59. The van der Waals surface area contributed by atoms with E-state index in [0.29, 0.717) is 11.3 Å². The lowest BCUT2D eigenvalue weighted by Gasteiger charge is -2.19. The van der Waals surface area contributed by atoms with Crippen molar-refractivity contribution in [3.8, 4) is 0 Å². The number of nitrogens with zero attached hydrogens (tertiary/aromatic N) is 2. The summed E-state index contributed by atoms with van der Waals surface area (Å²) >= 11 is 1.65. The molecule has 2 rings (SSSR count). The van der Waals surface area contributed by atoms with Gasteiger partial charge in [0.1, 0.15) is 0 Å². The molecule has 0 saturated carbocycles. The molecule has 0 saturated heterocycles. The van der Waals surface area contributed by atoms with Crippen molar-refractivity contribution < 1.29 is 9.72 Å². The van der Waals surface area contributed by atoms with E-state index in [1.807, 2.05) is 18.2 Å². The lowest BCUT2D eigenvalue weighted by atomic mass is 10.2. The number of anilines is 1. The summed E-state index contributed by atoms with van der Waals surface area (Å²) in [5.74, 6) is -0.287. The molecule has 0 aliphatic rings. The van der Waals surface area contributed by atoms with Gasteiger partial charge in [0.05, 0.1) is 4.92 Å². The number of nitro benzene ring substituents is 1. The summed E-state index contributed by atoms with van der Waals surface area (Å²) in [6, 6.07) is 13.3. The number of amides is 1. The first-order valence-electron chi connectivity index (χ1n) is 8.62. The van der Waals surface area contributed by atoms with Crippen LogP contribution in [0.5, 0.6) is 0 Å². The van der Waals surface area contributed by atoms with Gasteiger partial charge >= 0.3 is 0 Å². The molecular weight excluding hydrogens is 350 g/mol. The number of carbonyl (C=O) groups excluding carboxylic acids is 1. The Morgan fingerprint density at radius 3 is 2.46 bits per heavy atom. The second kappa shape index (κ2) is 9.94.